The van der Waals surface area contributed by atoms with Crippen LogP contribution in [-0.4, -0.2) is 0 Å². The Kier molecular flexibility index (Phi) is 11.6. The molecule has 15 rings (SSSR count). The Morgan fingerprint density at radius 2 is 0.605 bits per heavy atom. The number of aryl methyl sites for hydroxylation is 2. The van der Waals surface area contributed by atoms with Crippen LogP contribution < -0.4 is 9.80 Å². The van der Waals surface area contributed by atoms with Gasteiger partial charge in [0, 0.05) is 44.6 Å². The Morgan fingerprint density at radius 1 is 0.235 bits per heavy atom. The van der Waals surface area contributed by atoms with E-state index in [-0.39, 0.29) is 0 Å². The van der Waals surface area contributed by atoms with Crippen LogP contribution in [0, 0.1) is 13.8 Å². The van der Waals surface area contributed by atoms with E-state index in [1.54, 1.807) is 0 Å². The largest absolute Gasteiger partial charge is 0.456 e. The third-order valence-corrected chi connectivity index (χ3v) is 16.4. The van der Waals surface area contributed by atoms with Crippen molar-refractivity contribution >= 4 is 99.2 Å². The van der Waals surface area contributed by atoms with Gasteiger partial charge in [-0.3, -0.25) is 0 Å². The number of nitrogens with zero attached hydrogens (tertiary/aromatic N) is 2. The van der Waals surface area contributed by atoms with Crippen LogP contribution in [0.3, 0.4) is 0 Å². The molecule has 81 heavy (non-hydrogen) atoms. The normalized spacial score (nSPS) is 11.6. The molecule has 0 N–H and O–H groups in total. The zero-order chi connectivity index (χ0) is 54.0. The standard InChI is InChI=1S/C78H54N2O/c1-51-19-13-37-71(55-21-5-3-6-22-55)77(51)79(63-31-15-29-59(43-63)69-35-17-27-53-25-9-11-33-67(53)69)65-41-39-57-47-73-74-48-58-40-42-66(46-62(58)50-76(74)81-75(73)49-61(57)45-65)80(78-52(2)20-14-38-72(78)56-23-7-4-8-24-56)64-32-16-30-60(44-64)70-36-18-28-54-26-10-12-34-68(54)70/h3-50H,1-2H3. The average molecular weight is 1040 g/mol. The summed E-state index contributed by atoms with van der Waals surface area (Å²) in [4.78, 5) is 4.89. The second-order valence-corrected chi connectivity index (χ2v) is 21.4. The highest BCUT2D eigenvalue weighted by atomic mass is 16.3. The van der Waals surface area contributed by atoms with E-state index in [0.717, 1.165) is 77.6 Å². The first-order valence-corrected chi connectivity index (χ1v) is 27.9. The van der Waals surface area contributed by atoms with Crippen molar-refractivity contribution in [1.29, 1.82) is 0 Å². The molecule has 0 atom stereocenters. The fourth-order valence-electron chi connectivity index (χ4n) is 12.5. The molecule has 0 aliphatic carbocycles. The first kappa shape index (κ1) is 47.7. The summed E-state index contributed by atoms with van der Waals surface area (Å²) in [5, 5.41) is 11.6. The van der Waals surface area contributed by atoms with E-state index in [1.807, 2.05) is 0 Å². The zero-order valence-electron chi connectivity index (χ0n) is 45.0. The van der Waals surface area contributed by atoms with E-state index in [4.69, 9.17) is 4.42 Å². The lowest BCUT2D eigenvalue weighted by atomic mass is 9.96. The van der Waals surface area contributed by atoms with Crippen molar-refractivity contribution < 1.29 is 4.42 Å². The quantitative estimate of drug-likeness (QED) is 0.136. The van der Waals surface area contributed by atoms with Crippen LogP contribution in [0.2, 0.25) is 0 Å². The fourth-order valence-corrected chi connectivity index (χ4v) is 12.5. The molecule has 0 amide bonds. The molecule has 382 valence electrons. The van der Waals surface area contributed by atoms with Gasteiger partial charge in [-0.05, 0) is 174 Å². The van der Waals surface area contributed by atoms with Crippen LogP contribution in [0.15, 0.2) is 296 Å². The van der Waals surface area contributed by atoms with E-state index < -0.39 is 0 Å². The maximum atomic E-state index is 6.97. The van der Waals surface area contributed by atoms with Crippen molar-refractivity contribution in [2.75, 3.05) is 9.80 Å². The van der Waals surface area contributed by atoms with Gasteiger partial charge in [-0.15, -0.1) is 0 Å². The molecule has 0 fully saturated rings. The molecule has 15 aromatic rings. The van der Waals surface area contributed by atoms with Crippen LogP contribution in [-0.2, 0) is 0 Å². The number of furan rings is 1. The van der Waals surface area contributed by atoms with Gasteiger partial charge in [0.15, 0.2) is 0 Å². The SMILES string of the molecule is Cc1cccc(-c2ccccc2)c1N(c1cccc(-c2cccc3ccccc23)c1)c1ccc2cc3c(cc2c1)oc1cc2cc(N(c4cccc(-c5cccc6ccccc56)c4)c4c(C)cccc4-c4ccccc4)ccc2cc13. The predicted molar refractivity (Wildman–Crippen MR) is 344 cm³/mol. The van der Waals surface area contributed by atoms with Crippen molar-refractivity contribution in [2.45, 2.75) is 13.8 Å². The van der Waals surface area contributed by atoms with Gasteiger partial charge >= 0.3 is 0 Å². The summed E-state index contributed by atoms with van der Waals surface area (Å²) in [5.41, 5.74) is 20.1. The van der Waals surface area contributed by atoms with Crippen molar-refractivity contribution in [3.63, 3.8) is 0 Å². The molecule has 0 saturated carbocycles. The van der Waals surface area contributed by atoms with Gasteiger partial charge in [-0.25, -0.2) is 0 Å². The Hall–Kier alpha value is -10.5. The minimum absolute atomic E-state index is 0.856. The van der Waals surface area contributed by atoms with Gasteiger partial charge in [0.05, 0.1) is 11.4 Å². The highest BCUT2D eigenvalue weighted by Crippen LogP contribution is 2.48. The molecule has 1 aromatic heterocycles. The van der Waals surface area contributed by atoms with Gasteiger partial charge in [0.2, 0.25) is 0 Å². The van der Waals surface area contributed by atoms with Crippen molar-refractivity contribution in [1.82, 2.24) is 0 Å². The molecule has 0 radical (unpaired) electrons. The number of hydrogen-bond acceptors (Lipinski definition) is 3. The molecule has 0 saturated heterocycles. The molecular formula is C78H54N2O. The molecule has 1 heterocycles. The monoisotopic (exact) mass is 1030 g/mol. The lowest BCUT2D eigenvalue weighted by molar-refractivity contribution is 0.670. The van der Waals surface area contributed by atoms with Crippen LogP contribution in [0.1, 0.15) is 11.1 Å². The summed E-state index contributed by atoms with van der Waals surface area (Å²) in [6.45, 7) is 4.45. The van der Waals surface area contributed by atoms with Crippen molar-refractivity contribution in [2.24, 2.45) is 0 Å². The number of benzene rings is 14. The van der Waals surface area contributed by atoms with Crippen LogP contribution in [0.5, 0.6) is 0 Å². The number of fused-ring (bicyclic) bond motifs is 7. The van der Waals surface area contributed by atoms with Crippen molar-refractivity contribution in [3.05, 3.63) is 302 Å². The second-order valence-electron chi connectivity index (χ2n) is 21.4. The molecule has 0 spiro atoms. The Bertz CT molecular complexity index is 4600. The predicted octanol–water partition coefficient (Wildman–Crippen LogP) is 22.4. The van der Waals surface area contributed by atoms with Crippen LogP contribution >= 0.6 is 0 Å². The van der Waals surface area contributed by atoms with E-state index in [2.05, 4.69) is 315 Å². The number of rotatable bonds is 10. The number of hydrogen-bond donors (Lipinski definition) is 0. The number of anilines is 6. The lowest BCUT2D eigenvalue weighted by Gasteiger charge is -2.30. The third kappa shape index (κ3) is 8.46. The molecule has 3 nitrogen and oxygen atoms in total. The molecule has 3 heteroatoms. The van der Waals surface area contributed by atoms with Crippen LogP contribution in [0.25, 0.3) is 110 Å². The maximum Gasteiger partial charge on any atom is 0.136 e. The smallest absolute Gasteiger partial charge is 0.136 e. The Labute approximate surface area is 471 Å². The highest BCUT2D eigenvalue weighted by molar-refractivity contribution is 6.14. The molecule has 0 unspecified atom stereocenters. The molecule has 14 aromatic carbocycles. The first-order valence-electron chi connectivity index (χ1n) is 27.9. The van der Waals surface area contributed by atoms with Gasteiger partial charge in [0.1, 0.15) is 11.2 Å². The lowest BCUT2D eigenvalue weighted by Crippen LogP contribution is -2.13. The topological polar surface area (TPSA) is 19.6 Å². The maximum absolute atomic E-state index is 6.97. The number of para-hydroxylation sites is 2. The average Bonchev–Trinajstić information content (AvgIpc) is 3.95. The summed E-state index contributed by atoms with van der Waals surface area (Å²) in [7, 11) is 0. The van der Waals surface area contributed by atoms with E-state index >= 15 is 0 Å². The summed E-state index contributed by atoms with van der Waals surface area (Å²) in [6.07, 6.45) is 0. The van der Waals surface area contributed by atoms with Crippen molar-refractivity contribution in [3.8, 4) is 44.5 Å². The highest BCUT2D eigenvalue weighted by Gasteiger charge is 2.24. The summed E-state index contributed by atoms with van der Waals surface area (Å²) < 4.78 is 6.97. The molecule has 0 aliphatic heterocycles. The Morgan fingerprint density at radius 3 is 1.07 bits per heavy atom. The third-order valence-electron chi connectivity index (χ3n) is 16.4. The van der Waals surface area contributed by atoms with Crippen LogP contribution in [0.4, 0.5) is 34.1 Å². The fraction of sp³-hybridized carbons (Fsp3) is 0.0256. The van der Waals surface area contributed by atoms with E-state index in [9.17, 15) is 0 Å². The van der Waals surface area contributed by atoms with Gasteiger partial charge in [0.25, 0.3) is 0 Å². The molecular weight excluding hydrogens is 981 g/mol. The van der Waals surface area contributed by atoms with Gasteiger partial charge in [-0.2, -0.15) is 0 Å². The minimum Gasteiger partial charge on any atom is -0.456 e. The second kappa shape index (κ2) is 19.8. The Balaban J connectivity index is 0.868. The summed E-state index contributed by atoms with van der Waals surface area (Å²) in [5.74, 6) is 0. The van der Waals surface area contributed by atoms with E-state index in [1.165, 1.54) is 77.2 Å². The van der Waals surface area contributed by atoms with Gasteiger partial charge < -0.3 is 14.2 Å². The van der Waals surface area contributed by atoms with Gasteiger partial charge in [-0.1, -0.05) is 218 Å². The summed E-state index contributed by atoms with van der Waals surface area (Å²) >= 11 is 0. The minimum atomic E-state index is 0.856. The van der Waals surface area contributed by atoms with E-state index in [0.29, 0.717) is 0 Å². The summed E-state index contributed by atoms with van der Waals surface area (Å²) in [6, 6.07) is 106. The molecule has 0 aliphatic rings. The zero-order valence-corrected chi connectivity index (χ0v) is 45.0. The molecule has 0 bridgehead atoms. The first-order chi connectivity index (χ1) is 40.0.